The lowest BCUT2D eigenvalue weighted by atomic mass is 9.96. The molecule has 0 bridgehead atoms. The molecule has 5 N–H and O–H groups in total. The van der Waals surface area contributed by atoms with E-state index in [-0.39, 0.29) is 6.42 Å². The van der Waals surface area contributed by atoms with Crippen molar-refractivity contribution in [2.45, 2.75) is 36.1 Å². The van der Waals surface area contributed by atoms with E-state index in [1.807, 2.05) is 0 Å². The third-order valence-corrected chi connectivity index (χ3v) is 7.47. The van der Waals surface area contributed by atoms with Gasteiger partial charge in [0, 0.05) is 0 Å². The zero-order valence-corrected chi connectivity index (χ0v) is 14.1. The number of hydrogen-bond acceptors (Lipinski definition) is 8. The summed E-state index contributed by atoms with van der Waals surface area (Å²) in [7, 11) is -4.14. The zero-order chi connectivity index (χ0) is 19.6. The monoisotopic (exact) mass is 386 g/mol. The highest BCUT2D eigenvalue weighted by Crippen LogP contribution is 2.46. The van der Waals surface area contributed by atoms with E-state index in [1.54, 1.807) is 0 Å². The maximum absolute atomic E-state index is 12.8. The van der Waals surface area contributed by atoms with Crippen molar-refractivity contribution in [1.29, 1.82) is 0 Å². The highest BCUT2D eigenvalue weighted by Gasteiger charge is 2.70. The van der Waals surface area contributed by atoms with E-state index < -0.39 is 67.6 Å². The second-order valence-electron chi connectivity index (χ2n) is 6.23. The largest absolute Gasteiger partial charge is 0.480 e. The van der Waals surface area contributed by atoms with Gasteiger partial charge in [0.05, 0.1) is 13.0 Å². The quantitative estimate of drug-likeness (QED) is 0.431. The lowest BCUT2D eigenvalue weighted by molar-refractivity contribution is -0.157. The minimum absolute atomic E-state index is 0.325. The van der Waals surface area contributed by atoms with E-state index in [0.717, 1.165) is 16.5 Å². The van der Waals surface area contributed by atoms with Crippen LogP contribution in [0, 0.1) is 0 Å². The molecule has 0 aromatic carbocycles. The molecule has 1 aromatic heterocycles. The predicted octanol–water partition coefficient (Wildman–Crippen LogP) is -3.33. The van der Waals surface area contributed by atoms with Crippen molar-refractivity contribution in [2.75, 3.05) is 0 Å². The molecule has 14 heteroatoms. The van der Waals surface area contributed by atoms with E-state index in [2.05, 4.69) is 10.3 Å². The fourth-order valence-corrected chi connectivity index (χ4v) is 5.77. The molecule has 0 radical (unpaired) electrons. The van der Waals surface area contributed by atoms with Crippen molar-refractivity contribution < 1.29 is 32.7 Å². The fourth-order valence-electron chi connectivity index (χ4n) is 3.42. The number of amides is 3. The maximum Gasteiger partial charge on any atom is 0.328 e. The Hall–Kier alpha value is -3.03. The molecule has 1 aromatic rings. The lowest BCUT2D eigenvalue weighted by Gasteiger charge is -2.35. The van der Waals surface area contributed by atoms with Crippen LogP contribution >= 0.6 is 0 Å². The number of hydrogen-bond donors (Lipinski definition) is 3. The van der Waals surface area contributed by atoms with E-state index >= 15 is 0 Å². The van der Waals surface area contributed by atoms with Gasteiger partial charge in [0.25, 0.3) is 11.8 Å². The second kappa shape index (κ2) is 5.23. The number of rotatable bonds is 5. The molecule has 3 atom stereocenters. The minimum Gasteiger partial charge on any atom is -0.480 e. The average molecular weight is 386 g/mol. The van der Waals surface area contributed by atoms with Crippen LogP contribution in [-0.2, 0) is 26.0 Å². The summed E-state index contributed by atoms with van der Waals surface area (Å²) in [5.74, 6) is -4.39. The van der Waals surface area contributed by atoms with Crippen LogP contribution in [-0.4, -0.2) is 73.3 Å². The molecular weight excluding hydrogens is 372 g/mol. The maximum atomic E-state index is 12.8. The number of primary amides is 2. The van der Waals surface area contributed by atoms with Gasteiger partial charge < -0.3 is 21.5 Å². The summed E-state index contributed by atoms with van der Waals surface area (Å²) in [4.78, 5) is 47.2. The van der Waals surface area contributed by atoms with Crippen LogP contribution in [0.25, 0.3) is 0 Å². The Morgan fingerprint density at radius 1 is 1.31 bits per heavy atom. The molecule has 13 nitrogen and oxygen atoms in total. The Morgan fingerprint density at radius 3 is 2.38 bits per heavy atom. The summed E-state index contributed by atoms with van der Waals surface area (Å²) in [6, 6.07) is -1.69. The van der Waals surface area contributed by atoms with Gasteiger partial charge in [-0.3, -0.25) is 14.4 Å². The summed E-state index contributed by atoms with van der Waals surface area (Å²) in [5.41, 5.74) is 9.16. The third kappa shape index (κ3) is 2.04. The molecule has 3 heterocycles. The lowest BCUT2D eigenvalue weighted by Crippen LogP contribution is -2.58. The van der Waals surface area contributed by atoms with Gasteiger partial charge >= 0.3 is 5.97 Å². The van der Waals surface area contributed by atoms with Crippen molar-refractivity contribution in [2.24, 2.45) is 11.5 Å². The molecule has 2 aliphatic rings. The van der Waals surface area contributed by atoms with Crippen LogP contribution in [0.15, 0.2) is 0 Å². The van der Waals surface area contributed by atoms with Crippen LogP contribution < -0.4 is 11.5 Å². The number of carbonyl (C=O) groups is 4. The van der Waals surface area contributed by atoms with E-state index in [9.17, 15) is 32.7 Å². The Kier molecular flexibility index (Phi) is 3.58. The molecule has 0 aliphatic carbocycles. The van der Waals surface area contributed by atoms with Gasteiger partial charge in [0.1, 0.15) is 10.1 Å². The van der Waals surface area contributed by atoms with Crippen molar-refractivity contribution >= 4 is 33.5 Å². The topological polar surface area (TPSA) is 209 Å². The molecule has 2 aliphatic heterocycles. The summed E-state index contributed by atoms with van der Waals surface area (Å²) < 4.78 is 24.4. The number of β-lactam (4-membered cyclic amide) rings is 1. The van der Waals surface area contributed by atoms with Gasteiger partial charge in [-0.25, -0.2) is 17.9 Å². The number of aromatic nitrogens is 3. The molecule has 2 saturated heterocycles. The van der Waals surface area contributed by atoms with E-state index in [4.69, 9.17) is 11.5 Å². The van der Waals surface area contributed by atoms with E-state index in [0.29, 0.717) is 0 Å². The third-order valence-electron chi connectivity index (χ3n) is 4.71. The Bertz CT molecular complexity index is 969. The van der Waals surface area contributed by atoms with Crippen LogP contribution in [0.3, 0.4) is 0 Å². The molecule has 0 spiro atoms. The van der Waals surface area contributed by atoms with E-state index in [1.165, 1.54) is 0 Å². The normalized spacial score (nSPS) is 29.1. The zero-order valence-electron chi connectivity index (χ0n) is 13.3. The van der Waals surface area contributed by atoms with Crippen LogP contribution in [0.2, 0.25) is 0 Å². The Morgan fingerprint density at radius 2 is 1.92 bits per heavy atom. The molecule has 3 rings (SSSR count). The second-order valence-corrected chi connectivity index (χ2v) is 8.80. The molecule has 0 saturated carbocycles. The SMILES string of the molecule is C[C@]1(Cn2nnc(C(N)=O)c2C(N)=O)[C@H](C(=O)O)N2C(=O)C[C@@H]2S1(=O)=O. The minimum atomic E-state index is -4.14. The Labute approximate surface area is 145 Å². The van der Waals surface area contributed by atoms with Gasteiger partial charge in [-0.2, -0.15) is 0 Å². The highest BCUT2D eigenvalue weighted by atomic mass is 32.2. The summed E-state index contributed by atoms with van der Waals surface area (Å²) >= 11 is 0. The van der Waals surface area contributed by atoms with Crippen molar-refractivity contribution in [3.8, 4) is 0 Å². The number of nitrogens with two attached hydrogens (primary N) is 2. The predicted molar refractivity (Wildman–Crippen MR) is 81.1 cm³/mol. The van der Waals surface area contributed by atoms with Gasteiger partial charge in [0.15, 0.2) is 27.3 Å². The van der Waals surface area contributed by atoms with Crippen LogP contribution in [0.1, 0.15) is 34.3 Å². The first-order valence-corrected chi connectivity index (χ1v) is 8.78. The smallest absolute Gasteiger partial charge is 0.328 e. The van der Waals surface area contributed by atoms with Crippen molar-refractivity contribution in [3.05, 3.63) is 11.4 Å². The number of sulfone groups is 1. The molecular formula is C12H14N6O7S. The molecule has 26 heavy (non-hydrogen) atoms. The fraction of sp³-hybridized carbons (Fsp3) is 0.500. The first kappa shape index (κ1) is 17.8. The standard InChI is InChI=1S/C12H14N6O7S/c1-12(3-17-7(10(14)21)6(9(13)20)15-16-17)8(11(22)23)18-4(19)2-5(18)26(12,24)25/h5,8H,2-3H2,1H3,(H2,13,20)(H2,14,21)(H,22,23)/t5-,8-,12-/m0/s1. The number of carbonyl (C=O) groups excluding carboxylic acids is 3. The summed E-state index contributed by atoms with van der Waals surface area (Å²) in [6.45, 7) is 0.467. The van der Waals surface area contributed by atoms with Crippen molar-refractivity contribution in [3.63, 3.8) is 0 Å². The van der Waals surface area contributed by atoms with Crippen LogP contribution in [0.5, 0.6) is 0 Å². The average Bonchev–Trinajstić information content (AvgIpc) is 2.97. The molecule has 140 valence electrons. The summed E-state index contributed by atoms with van der Waals surface area (Å²) in [5, 5.41) is 15.2. The van der Waals surface area contributed by atoms with Gasteiger partial charge in [0.2, 0.25) is 5.91 Å². The summed E-state index contributed by atoms with van der Waals surface area (Å²) in [6.07, 6.45) is -0.325. The number of fused-ring (bicyclic) bond motifs is 1. The number of carboxylic acid groups (broad SMARTS) is 1. The molecule has 0 unspecified atom stereocenters. The molecule has 2 fully saturated rings. The first-order valence-electron chi connectivity index (χ1n) is 7.24. The molecule has 3 amide bonds. The number of carboxylic acids is 1. The van der Waals surface area contributed by atoms with Gasteiger partial charge in [-0.15, -0.1) is 5.10 Å². The van der Waals surface area contributed by atoms with Crippen LogP contribution in [0.4, 0.5) is 0 Å². The van der Waals surface area contributed by atoms with Crippen molar-refractivity contribution in [1.82, 2.24) is 19.9 Å². The van der Waals surface area contributed by atoms with Gasteiger partial charge in [-0.05, 0) is 6.92 Å². The number of aliphatic carboxylic acids is 1. The first-order chi connectivity index (χ1) is 11.9. The Balaban J connectivity index is 2.14. The highest BCUT2D eigenvalue weighted by molar-refractivity contribution is 7.93. The van der Waals surface area contributed by atoms with Gasteiger partial charge in [-0.1, -0.05) is 5.21 Å². The number of nitrogens with zero attached hydrogens (tertiary/aromatic N) is 4.